The number of carbonyl (C=O) groups excluding carboxylic acids is 2. The van der Waals surface area contributed by atoms with Gasteiger partial charge in [0.1, 0.15) is 0 Å². The van der Waals surface area contributed by atoms with E-state index in [4.69, 9.17) is 0 Å². The highest BCUT2D eigenvalue weighted by atomic mass is 16.2. The van der Waals surface area contributed by atoms with Gasteiger partial charge in [-0.1, -0.05) is 0 Å². The van der Waals surface area contributed by atoms with Crippen LogP contribution in [0.2, 0.25) is 0 Å². The normalized spacial score (nSPS) is 27.1. The van der Waals surface area contributed by atoms with Crippen molar-refractivity contribution in [2.45, 2.75) is 45.1 Å². The number of amides is 2. The molecule has 1 N–H and O–H groups in total. The van der Waals surface area contributed by atoms with Crippen molar-refractivity contribution in [1.82, 2.24) is 29.8 Å². The first kappa shape index (κ1) is 21.3. The van der Waals surface area contributed by atoms with Crippen LogP contribution in [0.3, 0.4) is 0 Å². The van der Waals surface area contributed by atoms with Gasteiger partial charge in [-0.2, -0.15) is 5.10 Å². The van der Waals surface area contributed by atoms with Crippen LogP contribution in [-0.4, -0.2) is 49.9 Å². The number of carbonyl (C=O) groups is 2. The zero-order valence-corrected chi connectivity index (χ0v) is 19.5. The molecule has 3 aromatic rings. The lowest BCUT2D eigenvalue weighted by Gasteiger charge is -2.56. The summed E-state index contributed by atoms with van der Waals surface area (Å²) < 4.78 is 1.61. The molecule has 3 aromatic heterocycles. The third kappa shape index (κ3) is 3.85. The maximum Gasteiger partial charge on any atom is 0.274 e. The summed E-state index contributed by atoms with van der Waals surface area (Å²) in [6.45, 7) is 1.08. The fraction of sp³-hybridized carbons (Fsp3) is 0.500. The van der Waals surface area contributed by atoms with Gasteiger partial charge in [-0.15, -0.1) is 0 Å². The largest absolute Gasteiger partial charge is 0.351 e. The molecule has 8 heteroatoms. The number of hydrogen-bond donors (Lipinski definition) is 1. The second kappa shape index (κ2) is 8.18. The number of nitrogens with zero attached hydrogens (tertiary/aromatic N) is 5. The van der Waals surface area contributed by atoms with Gasteiger partial charge in [-0.05, 0) is 79.9 Å². The Balaban J connectivity index is 1.18. The van der Waals surface area contributed by atoms with E-state index in [0.717, 1.165) is 24.3 Å². The molecule has 34 heavy (non-hydrogen) atoms. The molecule has 4 aliphatic rings. The molecule has 0 atom stereocenters. The molecule has 8 nitrogen and oxygen atoms in total. The second-order valence-electron chi connectivity index (χ2n) is 10.7. The van der Waals surface area contributed by atoms with E-state index in [1.54, 1.807) is 53.4 Å². The smallest absolute Gasteiger partial charge is 0.274 e. The summed E-state index contributed by atoms with van der Waals surface area (Å²) in [5, 5.41) is 7.69. The Labute approximate surface area is 198 Å². The number of fused-ring (bicyclic) bond motifs is 1. The lowest BCUT2D eigenvalue weighted by atomic mass is 9.49. The van der Waals surface area contributed by atoms with Crippen LogP contribution in [0, 0.1) is 23.2 Å². The van der Waals surface area contributed by atoms with Crippen LogP contribution in [0.1, 0.15) is 65.1 Å². The van der Waals surface area contributed by atoms with Crippen LogP contribution in [0.25, 0.3) is 5.52 Å². The van der Waals surface area contributed by atoms with E-state index >= 15 is 0 Å². The third-order valence-electron chi connectivity index (χ3n) is 8.12. The van der Waals surface area contributed by atoms with Crippen molar-refractivity contribution in [1.29, 1.82) is 0 Å². The highest BCUT2D eigenvalue weighted by molar-refractivity contribution is 6.02. The van der Waals surface area contributed by atoms with E-state index in [0.29, 0.717) is 29.0 Å². The first-order valence-corrected chi connectivity index (χ1v) is 12.2. The molecule has 0 spiro atoms. The summed E-state index contributed by atoms with van der Waals surface area (Å²) in [7, 11) is 1.71. The van der Waals surface area contributed by atoms with Crippen LogP contribution in [0.5, 0.6) is 0 Å². The summed E-state index contributed by atoms with van der Waals surface area (Å²) in [6.07, 6.45) is 14.6. The van der Waals surface area contributed by atoms with Crippen LogP contribution in [0.4, 0.5) is 0 Å². The average molecular weight is 459 g/mol. The van der Waals surface area contributed by atoms with Crippen molar-refractivity contribution in [2.24, 2.45) is 23.2 Å². The molecule has 176 valence electrons. The van der Waals surface area contributed by atoms with Gasteiger partial charge in [0, 0.05) is 32.2 Å². The Morgan fingerprint density at radius 3 is 2.56 bits per heavy atom. The van der Waals surface area contributed by atoms with Crippen LogP contribution < -0.4 is 5.32 Å². The fourth-order valence-electron chi connectivity index (χ4n) is 7.10. The van der Waals surface area contributed by atoms with Gasteiger partial charge in [-0.25, -0.2) is 4.52 Å². The Hall–Kier alpha value is -3.29. The molecule has 0 radical (unpaired) electrons. The molecule has 4 saturated carbocycles. The Bertz CT molecular complexity index is 1200. The van der Waals surface area contributed by atoms with Crippen molar-refractivity contribution in [2.75, 3.05) is 13.6 Å². The van der Waals surface area contributed by atoms with Crippen molar-refractivity contribution in [3.05, 3.63) is 59.9 Å². The minimum absolute atomic E-state index is 0.0897. The van der Waals surface area contributed by atoms with Gasteiger partial charge >= 0.3 is 0 Å². The molecule has 2 amide bonds. The SMILES string of the molecule is CN(Cc1cnccn1)C(=O)c1cc2c(C(=O)NCC34CC5CC(CC(C5)C3)C4)cccn2n1. The molecule has 0 aliphatic heterocycles. The maximum absolute atomic E-state index is 13.2. The molecular formula is C26H30N6O2. The van der Waals surface area contributed by atoms with Crippen molar-refractivity contribution >= 4 is 17.3 Å². The van der Waals surface area contributed by atoms with E-state index in [9.17, 15) is 9.59 Å². The van der Waals surface area contributed by atoms with Crippen LogP contribution in [-0.2, 0) is 6.54 Å². The topological polar surface area (TPSA) is 92.5 Å². The van der Waals surface area contributed by atoms with Gasteiger partial charge in [0.05, 0.1) is 29.5 Å². The number of hydrogen-bond acceptors (Lipinski definition) is 5. The number of rotatable bonds is 6. The van der Waals surface area contributed by atoms with Crippen LogP contribution in [0.15, 0.2) is 43.0 Å². The minimum atomic E-state index is -0.228. The molecule has 0 unspecified atom stereocenters. The Kier molecular flexibility index (Phi) is 5.12. The van der Waals surface area contributed by atoms with Crippen molar-refractivity contribution in [3.63, 3.8) is 0 Å². The van der Waals surface area contributed by atoms with E-state index < -0.39 is 0 Å². The predicted octanol–water partition coefficient (Wildman–Crippen LogP) is 3.34. The fourth-order valence-corrected chi connectivity index (χ4v) is 7.10. The van der Waals surface area contributed by atoms with E-state index in [1.807, 2.05) is 6.07 Å². The van der Waals surface area contributed by atoms with Gasteiger partial charge < -0.3 is 10.2 Å². The molecule has 4 fully saturated rings. The minimum Gasteiger partial charge on any atom is -0.351 e. The summed E-state index contributed by atoms with van der Waals surface area (Å²) in [6, 6.07) is 5.32. The van der Waals surface area contributed by atoms with E-state index in [2.05, 4.69) is 20.4 Å². The second-order valence-corrected chi connectivity index (χ2v) is 10.7. The monoisotopic (exact) mass is 458 g/mol. The maximum atomic E-state index is 13.2. The van der Waals surface area contributed by atoms with E-state index in [1.165, 1.54) is 38.5 Å². The molecule has 0 saturated heterocycles. The Morgan fingerprint density at radius 2 is 1.88 bits per heavy atom. The van der Waals surface area contributed by atoms with Gasteiger partial charge in [-0.3, -0.25) is 19.6 Å². The molecule has 7 rings (SSSR count). The standard InChI is InChI=1S/C26H30N6O2/c1-31(15-20-14-27-4-5-28-20)25(34)22-10-23-21(3-2-6-32(23)30-22)24(33)29-16-26-11-17-7-18(12-26)9-19(8-17)13-26/h2-6,10,14,17-19H,7-9,11-13,15-16H2,1H3,(H,29,33). The molecule has 0 aromatic carbocycles. The number of aromatic nitrogens is 4. The van der Waals surface area contributed by atoms with Crippen molar-refractivity contribution < 1.29 is 9.59 Å². The van der Waals surface area contributed by atoms with E-state index in [-0.39, 0.29) is 17.2 Å². The lowest BCUT2D eigenvalue weighted by molar-refractivity contribution is -0.0503. The van der Waals surface area contributed by atoms with Gasteiger partial charge in [0.15, 0.2) is 5.69 Å². The Morgan fingerprint density at radius 1 is 1.15 bits per heavy atom. The quantitative estimate of drug-likeness (QED) is 0.612. The molecule has 4 aliphatic carbocycles. The number of nitrogens with one attached hydrogen (secondary N) is 1. The molecule has 4 bridgehead atoms. The molecule has 3 heterocycles. The summed E-state index contributed by atoms with van der Waals surface area (Å²) >= 11 is 0. The van der Waals surface area contributed by atoms with Crippen LogP contribution >= 0.6 is 0 Å². The lowest BCUT2D eigenvalue weighted by Crippen LogP contribution is -2.51. The predicted molar refractivity (Wildman–Crippen MR) is 126 cm³/mol. The zero-order chi connectivity index (χ0) is 23.3. The van der Waals surface area contributed by atoms with Gasteiger partial charge in [0.2, 0.25) is 0 Å². The summed E-state index contributed by atoms with van der Waals surface area (Å²) in [5.74, 6) is 2.25. The summed E-state index contributed by atoms with van der Waals surface area (Å²) in [4.78, 5) is 36.1. The zero-order valence-electron chi connectivity index (χ0n) is 19.5. The third-order valence-corrected chi connectivity index (χ3v) is 8.12. The highest BCUT2D eigenvalue weighted by Gasteiger charge is 2.50. The van der Waals surface area contributed by atoms with Gasteiger partial charge in [0.25, 0.3) is 11.8 Å². The highest BCUT2D eigenvalue weighted by Crippen LogP contribution is 2.59. The molecular weight excluding hydrogens is 428 g/mol. The number of pyridine rings is 1. The van der Waals surface area contributed by atoms with Crippen molar-refractivity contribution in [3.8, 4) is 0 Å². The summed E-state index contributed by atoms with van der Waals surface area (Å²) in [5.41, 5.74) is 2.47. The average Bonchev–Trinajstić information content (AvgIpc) is 3.26. The first-order chi connectivity index (χ1) is 16.5. The first-order valence-electron chi connectivity index (χ1n) is 12.2.